The highest BCUT2D eigenvalue weighted by Crippen LogP contribution is 2.15. The molecule has 0 aromatic carbocycles. The summed E-state index contributed by atoms with van der Waals surface area (Å²) in [6, 6.07) is 1.35. The number of carboxylic acids is 1. The van der Waals surface area contributed by atoms with Gasteiger partial charge in [0.1, 0.15) is 12.1 Å². The van der Waals surface area contributed by atoms with E-state index in [1.165, 1.54) is 12.4 Å². The number of nitrogens with zero attached hydrogens (tertiary/aromatic N) is 2. The molecule has 0 radical (unpaired) electrons. The van der Waals surface area contributed by atoms with E-state index in [4.69, 9.17) is 11.5 Å². The van der Waals surface area contributed by atoms with Crippen molar-refractivity contribution in [2.24, 2.45) is 0 Å². The molecule has 1 atom stereocenters. The summed E-state index contributed by atoms with van der Waals surface area (Å²) in [6.07, 6.45) is 7.29. The van der Waals surface area contributed by atoms with Crippen LogP contribution in [0, 0.1) is 12.3 Å². The number of rotatable bonds is 4. The van der Waals surface area contributed by atoms with E-state index in [-0.39, 0.29) is 5.69 Å². The molecule has 0 aliphatic carbocycles. The van der Waals surface area contributed by atoms with Crippen molar-refractivity contribution in [3.63, 3.8) is 0 Å². The molecule has 1 heterocycles. The van der Waals surface area contributed by atoms with Crippen LogP contribution in [0.3, 0.4) is 0 Å². The summed E-state index contributed by atoms with van der Waals surface area (Å²) in [6.45, 7) is 3.78. The third-order valence-electron chi connectivity index (χ3n) is 2.32. The molecule has 1 rings (SSSR count). The SMILES string of the molecule is C#CC(C)(CC)Nc1cc(C(=O)O)ncn1. The Morgan fingerprint density at radius 3 is 2.88 bits per heavy atom. The minimum atomic E-state index is -1.09. The van der Waals surface area contributed by atoms with Crippen molar-refractivity contribution < 1.29 is 9.90 Å². The molecule has 2 N–H and O–H groups in total. The molecule has 5 heteroatoms. The van der Waals surface area contributed by atoms with E-state index < -0.39 is 11.5 Å². The van der Waals surface area contributed by atoms with Gasteiger partial charge >= 0.3 is 5.97 Å². The monoisotopic (exact) mass is 219 g/mol. The fraction of sp³-hybridized carbons (Fsp3) is 0.364. The summed E-state index contributed by atoms with van der Waals surface area (Å²) in [5, 5.41) is 11.8. The Hall–Kier alpha value is -2.09. The number of hydrogen-bond donors (Lipinski definition) is 2. The summed E-state index contributed by atoms with van der Waals surface area (Å²) < 4.78 is 0. The highest BCUT2D eigenvalue weighted by Gasteiger charge is 2.19. The van der Waals surface area contributed by atoms with E-state index in [1.807, 2.05) is 13.8 Å². The van der Waals surface area contributed by atoms with Gasteiger partial charge in [-0.1, -0.05) is 12.8 Å². The van der Waals surface area contributed by atoms with Gasteiger partial charge in [0, 0.05) is 6.07 Å². The van der Waals surface area contributed by atoms with Gasteiger partial charge in [0.05, 0.1) is 5.54 Å². The van der Waals surface area contributed by atoms with Crippen LogP contribution in [0.5, 0.6) is 0 Å². The highest BCUT2D eigenvalue weighted by atomic mass is 16.4. The van der Waals surface area contributed by atoms with Crippen molar-refractivity contribution >= 4 is 11.8 Å². The second-order valence-corrected chi connectivity index (χ2v) is 3.55. The molecule has 0 fully saturated rings. The summed E-state index contributed by atoms with van der Waals surface area (Å²) in [7, 11) is 0. The standard InChI is InChI=1S/C11H13N3O2/c1-4-11(3,5-2)14-9-6-8(10(15)16)12-7-13-9/h1,6-7H,5H2,2-3H3,(H,15,16)(H,12,13,14). The number of anilines is 1. The molecule has 0 saturated carbocycles. The zero-order chi connectivity index (χ0) is 12.2. The van der Waals surface area contributed by atoms with Crippen LogP contribution in [-0.2, 0) is 0 Å². The number of carbonyl (C=O) groups is 1. The largest absolute Gasteiger partial charge is 0.477 e. The Bertz CT molecular complexity index is 439. The molecular formula is C11H13N3O2. The predicted octanol–water partition coefficient (Wildman–Crippen LogP) is 1.39. The molecule has 0 saturated heterocycles. The van der Waals surface area contributed by atoms with Gasteiger partial charge in [-0.2, -0.15) is 0 Å². The number of aromatic nitrogens is 2. The minimum Gasteiger partial charge on any atom is -0.477 e. The van der Waals surface area contributed by atoms with Gasteiger partial charge in [-0.05, 0) is 13.3 Å². The van der Waals surface area contributed by atoms with Crippen LogP contribution < -0.4 is 5.32 Å². The Morgan fingerprint density at radius 2 is 2.38 bits per heavy atom. The number of nitrogens with one attached hydrogen (secondary N) is 1. The van der Waals surface area contributed by atoms with Gasteiger partial charge in [-0.25, -0.2) is 14.8 Å². The van der Waals surface area contributed by atoms with Gasteiger partial charge < -0.3 is 10.4 Å². The first-order valence-electron chi connectivity index (χ1n) is 4.82. The molecule has 0 aliphatic heterocycles. The number of hydrogen-bond acceptors (Lipinski definition) is 4. The second kappa shape index (κ2) is 4.62. The van der Waals surface area contributed by atoms with Crippen LogP contribution >= 0.6 is 0 Å². The zero-order valence-electron chi connectivity index (χ0n) is 9.19. The first-order chi connectivity index (χ1) is 7.50. The highest BCUT2D eigenvalue weighted by molar-refractivity contribution is 5.86. The first-order valence-corrected chi connectivity index (χ1v) is 4.82. The lowest BCUT2D eigenvalue weighted by molar-refractivity contribution is 0.0690. The smallest absolute Gasteiger partial charge is 0.354 e. The van der Waals surface area contributed by atoms with Gasteiger partial charge in [0.25, 0.3) is 0 Å². The van der Waals surface area contributed by atoms with Crippen molar-refractivity contribution in [2.75, 3.05) is 5.32 Å². The van der Waals surface area contributed by atoms with Crippen LogP contribution in [-0.4, -0.2) is 26.6 Å². The second-order valence-electron chi connectivity index (χ2n) is 3.55. The number of terminal acetylenes is 1. The molecule has 0 amide bonds. The molecule has 1 aromatic heterocycles. The molecule has 0 aliphatic rings. The normalized spacial score (nSPS) is 13.6. The van der Waals surface area contributed by atoms with E-state index in [0.717, 1.165) is 0 Å². The van der Waals surface area contributed by atoms with Crippen LogP contribution in [0.4, 0.5) is 5.82 Å². The molecule has 5 nitrogen and oxygen atoms in total. The predicted molar refractivity (Wildman–Crippen MR) is 60.1 cm³/mol. The fourth-order valence-corrected chi connectivity index (χ4v) is 1.05. The molecular weight excluding hydrogens is 206 g/mol. The zero-order valence-corrected chi connectivity index (χ0v) is 9.19. The molecule has 1 aromatic rings. The minimum absolute atomic E-state index is 0.0621. The Labute approximate surface area is 93.9 Å². The third-order valence-corrected chi connectivity index (χ3v) is 2.32. The quantitative estimate of drug-likeness (QED) is 0.748. The van der Waals surface area contributed by atoms with Crippen LogP contribution in [0.25, 0.3) is 0 Å². The van der Waals surface area contributed by atoms with Crippen molar-refractivity contribution in [3.05, 3.63) is 18.1 Å². The van der Waals surface area contributed by atoms with Crippen molar-refractivity contribution in [3.8, 4) is 12.3 Å². The topological polar surface area (TPSA) is 75.1 Å². The summed E-state index contributed by atoms with van der Waals surface area (Å²) in [5.74, 6) is 1.92. The van der Waals surface area contributed by atoms with Gasteiger partial charge in [-0.15, -0.1) is 6.42 Å². The summed E-state index contributed by atoms with van der Waals surface area (Å²) in [5.41, 5.74) is -0.600. The van der Waals surface area contributed by atoms with E-state index in [1.54, 1.807) is 0 Å². The number of carboxylic acid groups (broad SMARTS) is 1. The van der Waals surface area contributed by atoms with E-state index in [0.29, 0.717) is 12.2 Å². The summed E-state index contributed by atoms with van der Waals surface area (Å²) in [4.78, 5) is 18.2. The molecule has 1 unspecified atom stereocenters. The molecule has 16 heavy (non-hydrogen) atoms. The van der Waals surface area contributed by atoms with Gasteiger partial charge in [0.15, 0.2) is 5.69 Å². The van der Waals surface area contributed by atoms with Gasteiger partial charge in [0.2, 0.25) is 0 Å². The first kappa shape index (κ1) is 12.0. The van der Waals surface area contributed by atoms with E-state index in [2.05, 4.69) is 21.2 Å². The van der Waals surface area contributed by atoms with Crippen LogP contribution in [0.1, 0.15) is 30.8 Å². The number of aromatic carboxylic acids is 1. The lowest BCUT2D eigenvalue weighted by atomic mass is 10.0. The maximum absolute atomic E-state index is 10.7. The average molecular weight is 219 g/mol. The Kier molecular flexibility index (Phi) is 3.46. The lowest BCUT2D eigenvalue weighted by Crippen LogP contribution is -2.32. The average Bonchev–Trinajstić information content (AvgIpc) is 2.29. The fourth-order valence-electron chi connectivity index (χ4n) is 1.05. The maximum atomic E-state index is 10.7. The van der Waals surface area contributed by atoms with Gasteiger partial charge in [-0.3, -0.25) is 0 Å². The van der Waals surface area contributed by atoms with Crippen molar-refractivity contribution in [2.45, 2.75) is 25.8 Å². The van der Waals surface area contributed by atoms with Crippen LogP contribution in [0.2, 0.25) is 0 Å². The van der Waals surface area contributed by atoms with Crippen molar-refractivity contribution in [1.29, 1.82) is 0 Å². The van der Waals surface area contributed by atoms with Crippen molar-refractivity contribution in [1.82, 2.24) is 9.97 Å². The van der Waals surface area contributed by atoms with E-state index in [9.17, 15) is 4.79 Å². The lowest BCUT2D eigenvalue weighted by Gasteiger charge is -2.23. The Balaban J connectivity index is 2.94. The molecule has 84 valence electrons. The Morgan fingerprint density at radius 1 is 1.69 bits per heavy atom. The molecule has 0 spiro atoms. The van der Waals surface area contributed by atoms with E-state index >= 15 is 0 Å². The third kappa shape index (κ3) is 2.70. The maximum Gasteiger partial charge on any atom is 0.354 e. The molecule has 0 bridgehead atoms. The summed E-state index contributed by atoms with van der Waals surface area (Å²) >= 11 is 0. The van der Waals surface area contributed by atoms with Crippen LogP contribution in [0.15, 0.2) is 12.4 Å².